The fourth-order valence-electron chi connectivity index (χ4n) is 1.73. The van der Waals surface area contributed by atoms with Crippen LogP contribution < -0.4 is 0 Å². The standard InChI is InChI=1S/C10H14O3/c1-7-4-8(11)5-10(2,6-13-3)9(7)12/h4H,5-6H2,1-3H3/t10-/m1/s1. The third-order valence-corrected chi connectivity index (χ3v) is 2.31. The third-order valence-electron chi connectivity index (χ3n) is 2.31. The first-order valence-electron chi connectivity index (χ1n) is 4.24. The van der Waals surface area contributed by atoms with E-state index >= 15 is 0 Å². The molecule has 3 heteroatoms. The molecule has 1 aliphatic rings. The molecule has 1 rings (SSSR count). The van der Waals surface area contributed by atoms with Gasteiger partial charge in [0.2, 0.25) is 0 Å². The van der Waals surface area contributed by atoms with Crippen molar-refractivity contribution in [1.82, 2.24) is 0 Å². The van der Waals surface area contributed by atoms with Crippen molar-refractivity contribution in [2.75, 3.05) is 13.7 Å². The molecule has 72 valence electrons. The van der Waals surface area contributed by atoms with Crippen molar-refractivity contribution in [3.05, 3.63) is 11.6 Å². The van der Waals surface area contributed by atoms with E-state index in [0.29, 0.717) is 12.2 Å². The largest absolute Gasteiger partial charge is 0.384 e. The van der Waals surface area contributed by atoms with E-state index in [1.807, 2.05) is 0 Å². The smallest absolute Gasteiger partial charge is 0.167 e. The molecule has 0 radical (unpaired) electrons. The number of rotatable bonds is 2. The van der Waals surface area contributed by atoms with Crippen LogP contribution in [0.2, 0.25) is 0 Å². The first-order valence-corrected chi connectivity index (χ1v) is 4.24. The molecular weight excluding hydrogens is 168 g/mol. The molecule has 0 bridgehead atoms. The highest BCUT2D eigenvalue weighted by Crippen LogP contribution is 2.30. The molecule has 3 nitrogen and oxygen atoms in total. The molecule has 0 aromatic carbocycles. The molecule has 0 heterocycles. The Morgan fingerprint density at radius 2 is 2.15 bits per heavy atom. The lowest BCUT2D eigenvalue weighted by Gasteiger charge is -2.29. The van der Waals surface area contributed by atoms with Crippen molar-refractivity contribution in [3.8, 4) is 0 Å². The van der Waals surface area contributed by atoms with Gasteiger partial charge < -0.3 is 4.74 Å². The van der Waals surface area contributed by atoms with Gasteiger partial charge in [0.15, 0.2) is 11.6 Å². The van der Waals surface area contributed by atoms with Crippen LogP contribution in [0.4, 0.5) is 0 Å². The van der Waals surface area contributed by atoms with Crippen LogP contribution in [0.15, 0.2) is 11.6 Å². The van der Waals surface area contributed by atoms with E-state index in [0.717, 1.165) is 0 Å². The lowest BCUT2D eigenvalue weighted by Crippen LogP contribution is -2.38. The number of allylic oxidation sites excluding steroid dienone is 2. The zero-order valence-electron chi connectivity index (χ0n) is 8.22. The number of Topliss-reactive ketones (excluding diaryl/α,β-unsaturated/α-hetero) is 1. The Kier molecular flexibility index (Phi) is 2.66. The minimum atomic E-state index is -0.648. The summed E-state index contributed by atoms with van der Waals surface area (Å²) in [6.07, 6.45) is 1.68. The Labute approximate surface area is 77.8 Å². The summed E-state index contributed by atoms with van der Waals surface area (Å²) >= 11 is 0. The highest BCUT2D eigenvalue weighted by atomic mass is 16.5. The second-order valence-electron chi connectivity index (χ2n) is 3.79. The number of carbonyl (C=O) groups is 2. The number of ketones is 2. The van der Waals surface area contributed by atoms with E-state index in [4.69, 9.17) is 4.74 Å². The lowest BCUT2D eigenvalue weighted by molar-refractivity contribution is -0.133. The molecule has 0 saturated carbocycles. The Morgan fingerprint density at radius 1 is 1.54 bits per heavy atom. The van der Waals surface area contributed by atoms with Crippen LogP contribution in [0.5, 0.6) is 0 Å². The first-order chi connectivity index (χ1) is 5.99. The van der Waals surface area contributed by atoms with E-state index < -0.39 is 5.41 Å². The highest BCUT2D eigenvalue weighted by molar-refractivity contribution is 6.11. The van der Waals surface area contributed by atoms with Gasteiger partial charge in [-0.3, -0.25) is 9.59 Å². The molecule has 0 amide bonds. The number of methoxy groups -OCH3 is 1. The molecule has 0 unspecified atom stereocenters. The Hall–Kier alpha value is -0.960. The first kappa shape index (κ1) is 10.1. The maximum absolute atomic E-state index is 11.7. The van der Waals surface area contributed by atoms with E-state index in [2.05, 4.69) is 0 Å². The van der Waals surface area contributed by atoms with Crippen LogP contribution in [0.3, 0.4) is 0 Å². The summed E-state index contributed by atoms with van der Waals surface area (Å²) in [6, 6.07) is 0. The molecule has 1 atom stereocenters. The molecule has 0 N–H and O–H groups in total. The summed E-state index contributed by atoms with van der Waals surface area (Å²) in [4.78, 5) is 22.9. The number of hydrogen-bond donors (Lipinski definition) is 0. The monoisotopic (exact) mass is 182 g/mol. The summed E-state index contributed by atoms with van der Waals surface area (Å²) in [5, 5.41) is 0. The van der Waals surface area contributed by atoms with Gasteiger partial charge in [0.05, 0.1) is 12.0 Å². The Balaban J connectivity index is 2.96. The topological polar surface area (TPSA) is 43.4 Å². The van der Waals surface area contributed by atoms with Crippen LogP contribution in [0, 0.1) is 5.41 Å². The van der Waals surface area contributed by atoms with Crippen LogP contribution in [0.1, 0.15) is 20.3 Å². The SMILES string of the molecule is COC[C@@]1(C)CC(=O)C=C(C)C1=O. The lowest BCUT2D eigenvalue weighted by atomic mass is 9.75. The quantitative estimate of drug-likeness (QED) is 0.643. The van der Waals surface area contributed by atoms with E-state index in [1.165, 1.54) is 13.2 Å². The van der Waals surface area contributed by atoms with Crippen molar-refractivity contribution in [2.45, 2.75) is 20.3 Å². The summed E-state index contributed by atoms with van der Waals surface area (Å²) in [5.41, 5.74) is -0.110. The van der Waals surface area contributed by atoms with Gasteiger partial charge in [-0.05, 0) is 25.5 Å². The predicted molar refractivity (Wildman–Crippen MR) is 48.4 cm³/mol. The molecular formula is C10H14O3. The van der Waals surface area contributed by atoms with Crippen molar-refractivity contribution >= 4 is 11.6 Å². The molecule has 0 fully saturated rings. The number of carbonyl (C=O) groups excluding carboxylic acids is 2. The van der Waals surface area contributed by atoms with Crippen LogP contribution in [0.25, 0.3) is 0 Å². The van der Waals surface area contributed by atoms with Crippen LogP contribution in [-0.4, -0.2) is 25.3 Å². The second-order valence-corrected chi connectivity index (χ2v) is 3.79. The average Bonchev–Trinajstić information content (AvgIpc) is 2.00. The number of ether oxygens (including phenoxy) is 1. The van der Waals surface area contributed by atoms with E-state index in [9.17, 15) is 9.59 Å². The molecule has 0 spiro atoms. The molecule has 0 saturated heterocycles. The fourth-order valence-corrected chi connectivity index (χ4v) is 1.73. The Morgan fingerprint density at radius 3 is 2.69 bits per heavy atom. The van der Waals surface area contributed by atoms with Gasteiger partial charge in [-0.15, -0.1) is 0 Å². The maximum atomic E-state index is 11.7. The van der Waals surface area contributed by atoms with Gasteiger partial charge in [0, 0.05) is 13.5 Å². The molecule has 1 aliphatic carbocycles. The average molecular weight is 182 g/mol. The molecule has 13 heavy (non-hydrogen) atoms. The van der Waals surface area contributed by atoms with Crippen molar-refractivity contribution in [3.63, 3.8) is 0 Å². The van der Waals surface area contributed by atoms with E-state index in [1.54, 1.807) is 13.8 Å². The fraction of sp³-hybridized carbons (Fsp3) is 0.600. The summed E-state index contributed by atoms with van der Waals surface area (Å²) in [7, 11) is 1.54. The second kappa shape index (κ2) is 3.42. The van der Waals surface area contributed by atoms with E-state index in [-0.39, 0.29) is 18.0 Å². The minimum absolute atomic E-state index is 0.0108. The predicted octanol–water partition coefficient (Wildman–Crippen LogP) is 1.13. The zero-order valence-corrected chi connectivity index (χ0v) is 8.22. The van der Waals surface area contributed by atoms with Gasteiger partial charge in [-0.2, -0.15) is 0 Å². The highest BCUT2D eigenvalue weighted by Gasteiger charge is 2.38. The normalized spacial score (nSPS) is 29.0. The summed E-state index contributed by atoms with van der Waals surface area (Å²) in [5.74, 6) is 0.0330. The molecule has 0 aromatic heterocycles. The van der Waals surface area contributed by atoms with Gasteiger partial charge in [-0.1, -0.05) is 0 Å². The van der Waals surface area contributed by atoms with Crippen LogP contribution >= 0.6 is 0 Å². The van der Waals surface area contributed by atoms with Gasteiger partial charge in [-0.25, -0.2) is 0 Å². The van der Waals surface area contributed by atoms with Crippen molar-refractivity contribution in [2.24, 2.45) is 5.41 Å². The van der Waals surface area contributed by atoms with Crippen LogP contribution in [-0.2, 0) is 14.3 Å². The molecule has 0 aromatic rings. The van der Waals surface area contributed by atoms with Crippen molar-refractivity contribution in [1.29, 1.82) is 0 Å². The zero-order chi connectivity index (χ0) is 10.1. The van der Waals surface area contributed by atoms with Crippen molar-refractivity contribution < 1.29 is 14.3 Å². The van der Waals surface area contributed by atoms with Gasteiger partial charge in [0.1, 0.15) is 0 Å². The summed E-state index contributed by atoms with van der Waals surface area (Å²) < 4.78 is 4.95. The van der Waals surface area contributed by atoms with Gasteiger partial charge >= 0.3 is 0 Å². The third kappa shape index (κ3) is 1.86. The number of hydrogen-bond acceptors (Lipinski definition) is 3. The maximum Gasteiger partial charge on any atom is 0.167 e. The minimum Gasteiger partial charge on any atom is -0.384 e. The Bertz CT molecular complexity index is 278. The molecule has 0 aliphatic heterocycles. The summed E-state index contributed by atoms with van der Waals surface area (Å²) in [6.45, 7) is 3.75. The van der Waals surface area contributed by atoms with Gasteiger partial charge in [0.25, 0.3) is 0 Å².